The van der Waals surface area contributed by atoms with Gasteiger partial charge in [0.05, 0.1) is 6.10 Å². The van der Waals surface area contributed by atoms with Gasteiger partial charge in [-0.1, -0.05) is 35.9 Å². The van der Waals surface area contributed by atoms with E-state index in [0.717, 1.165) is 12.1 Å². The van der Waals surface area contributed by atoms with E-state index in [1.54, 1.807) is 12.1 Å². The maximum atomic E-state index is 10.2. The second-order valence-corrected chi connectivity index (χ2v) is 6.85. The number of aliphatic hydroxyl groups is 1. The van der Waals surface area contributed by atoms with Crippen molar-refractivity contribution in [2.24, 2.45) is 0 Å². The molecule has 1 saturated heterocycles. The third-order valence-electron chi connectivity index (χ3n) is 4.58. The van der Waals surface area contributed by atoms with E-state index in [1.165, 1.54) is 43.6 Å². The predicted octanol–water partition coefficient (Wildman–Crippen LogP) is 4.15. The first kappa shape index (κ1) is 17.3. The Hall–Kier alpha value is -1.55. The summed E-state index contributed by atoms with van der Waals surface area (Å²) in [6, 6.07) is 16.1. The number of benzene rings is 2. The minimum Gasteiger partial charge on any atom is -0.387 e. The van der Waals surface area contributed by atoms with Crippen LogP contribution in [0.4, 0.5) is 5.69 Å². The van der Waals surface area contributed by atoms with Gasteiger partial charge in [-0.05, 0) is 54.7 Å². The average molecular weight is 345 g/mol. The number of anilines is 1. The smallest absolute Gasteiger partial charge is 0.0914 e. The lowest BCUT2D eigenvalue weighted by molar-refractivity contribution is 0.174. The molecule has 4 heteroatoms. The summed E-state index contributed by atoms with van der Waals surface area (Å²) in [5.74, 6) is 0. The first-order chi connectivity index (χ1) is 11.7. The Morgan fingerprint density at radius 3 is 2.29 bits per heavy atom. The van der Waals surface area contributed by atoms with Gasteiger partial charge in [-0.25, -0.2) is 0 Å². The lowest BCUT2D eigenvalue weighted by Crippen LogP contribution is -2.29. The number of hydrogen-bond acceptors (Lipinski definition) is 3. The van der Waals surface area contributed by atoms with Crippen LogP contribution in [0.3, 0.4) is 0 Å². The van der Waals surface area contributed by atoms with Crippen LogP contribution < -0.4 is 10.2 Å². The fourth-order valence-corrected chi connectivity index (χ4v) is 3.26. The quantitative estimate of drug-likeness (QED) is 0.826. The van der Waals surface area contributed by atoms with Crippen molar-refractivity contribution in [2.75, 3.05) is 24.5 Å². The van der Waals surface area contributed by atoms with Gasteiger partial charge in [-0.2, -0.15) is 0 Å². The van der Waals surface area contributed by atoms with E-state index in [1.807, 2.05) is 12.1 Å². The Bertz CT molecular complexity index is 621. The van der Waals surface area contributed by atoms with Crippen LogP contribution in [0.2, 0.25) is 5.02 Å². The number of nitrogens with one attached hydrogen (secondary N) is 1. The summed E-state index contributed by atoms with van der Waals surface area (Å²) in [6.45, 7) is 3.62. The number of aliphatic hydroxyl groups excluding tert-OH is 1. The monoisotopic (exact) mass is 344 g/mol. The Labute approximate surface area is 149 Å². The van der Waals surface area contributed by atoms with Gasteiger partial charge in [-0.3, -0.25) is 0 Å². The molecule has 128 valence electrons. The van der Waals surface area contributed by atoms with E-state index in [-0.39, 0.29) is 0 Å². The Balaban J connectivity index is 1.47. The standard InChI is InChI=1S/C20H25ClN2O/c21-18-8-6-17(7-9-18)20(24)15-22-14-16-4-10-19(11-5-16)23-12-2-1-3-13-23/h4-11,20,22,24H,1-3,12-15H2. The summed E-state index contributed by atoms with van der Waals surface area (Å²) < 4.78 is 0. The molecule has 0 aliphatic carbocycles. The average Bonchev–Trinajstić information content (AvgIpc) is 2.63. The van der Waals surface area contributed by atoms with E-state index >= 15 is 0 Å². The molecule has 2 aromatic rings. The highest BCUT2D eigenvalue weighted by Gasteiger charge is 2.10. The first-order valence-electron chi connectivity index (χ1n) is 8.70. The number of halogens is 1. The van der Waals surface area contributed by atoms with Gasteiger partial charge in [0.2, 0.25) is 0 Å². The minimum absolute atomic E-state index is 0.519. The van der Waals surface area contributed by atoms with Gasteiger partial charge in [0.25, 0.3) is 0 Å². The van der Waals surface area contributed by atoms with Crippen LogP contribution in [-0.2, 0) is 6.54 Å². The molecule has 3 nitrogen and oxygen atoms in total. The molecule has 24 heavy (non-hydrogen) atoms. The molecule has 0 amide bonds. The second-order valence-electron chi connectivity index (χ2n) is 6.41. The van der Waals surface area contributed by atoms with Crippen LogP contribution >= 0.6 is 11.6 Å². The lowest BCUT2D eigenvalue weighted by atomic mass is 10.1. The molecule has 1 heterocycles. The summed E-state index contributed by atoms with van der Waals surface area (Å²) in [5, 5.41) is 14.2. The number of hydrogen-bond donors (Lipinski definition) is 2. The molecule has 0 saturated carbocycles. The van der Waals surface area contributed by atoms with E-state index in [0.29, 0.717) is 11.6 Å². The molecule has 3 rings (SSSR count). The highest BCUT2D eigenvalue weighted by Crippen LogP contribution is 2.20. The molecule has 0 spiro atoms. The van der Waals surface area contributed by atoms with E-state index in [2.05, 4.69) is 34.5 Å². The summed E-state index contributed by atoms with van der Waals surface area (Å²) in [7, 11) is 0. The molecule has 1 aliphatic heterocycles. The molecular weight excluding hydrogens is 320 g/mol. The molecule has 0 radical (unpaired) electrons. The van der Waals surface area contributed by atoms with Crippen molar-refractivity contribution >= 4 is 17.3 Å². The summed E-state index contributed by atoms with van der Waals surface area (Å²) >= 11 is 5.87. The van der Waals surface area contributed by atoms with Crippen LogP contribution in [0.15, 0.2) is 48.5 Å². The van der Waals surface area contributed by atoms with Crippen molar-refractivity contribution in [3.63, 3.8) is 0 Å². The molecule has 1 aliphatic rings. The second kappa shape index (κ2) is 8.52. The summed E-state index contributed by atoms with van der Waals surface area (Å²) in [6.07, 6.45) is 3.43. The number of piperidine rings is 1. The SMILES string of the molecule is OC(CNCc1ccc(N2CCCCC2)cc1)c1ccc(Cl)cc1. The van der Waals surface area contributed by atoms with Crippen molar-refractivity contribution in [1.29, 1.82) is 0 Å². The molecule has 0 aromatic heterocycles. The highest BCUT2D eigenvalue weighted by atomic mass is 35.5. The van der Waals surface area contributed by atoms with Crippen molar-refractivity contribution < 1.29 is 5.11 Å². The molecule has 2 aromatic carbocycles. The first-order valence-corrected chi connectivity index (χ1v) is 9.08. The molecule has 1 atom stereocenters. The van der Waals surface area contributed by atoms with Gasteiger partial charge in [0.15, 0.2) is 0 Å². The fourth-order valence-electron chi connectivity index (χ4n) is 3.13. The molecule has 1 fully saturated rings. The maximum absolute atomic E-state index is 10.2. The van der Waals surface area contributed by atoms with Crippen molar-refractivity contribution in [1.82, 2.24) is 5.32 Å². The van der Waals surface area contributed by atoms with Gasteiger partial charge in [-0.15, -0.1) is 0 Å². The predicted molar refractivity (Wildman–Crippen MR) is 101 cm³/mol. The van der Waals surface area contributed by atoms with Crippen LogP contribution in [-0.4, -0.2) is 24.7 Å². The molecule has 1 unspecified atom stereocenters. The van der Waals surface area contributed by atoms with Gasteiger partial charge >= 0.3 is 0 Å². The van der Waals surface area contributed by atoms with Gasteiger partial charge in [0.1, 0.15) is 0 Å². The highest BCUT2D eigenvalue weighted by molar-refractivity contribution is 6.30. The van der Waals surface area contributed by atoms with Gasteiger partial charge < -0.3 is 15.3 Å². The normalized spacial score (nSPS) is 16.2. The van der Waals surface area contributed by atoms with Crippen LogP contribution in [0.25, 0.3) is 0 Å². The third kappa shape index (κ3) is 4.73. The Morgan fingerprint density at radius 2 is 1.62 bits per heavy atom. The zero-order valence-corrected chi connectivity index (χ0v) is 14.7. The van der Waals surface area contributed by atoms with E-state index < -0.39 is 6.10 Å². The lowest BCUT2D eigenvalue weighted by Gasteiger charge is -2.28. The zero-order chi connectivity index (χ0) is 16.8. The number of rotatable bonds is 6. The minimum atomic E-state index is -0.519. The van der Waals surface area contributed by atoms with Crippen molar-refractivity contribution in [3.05, 3.63) is 64.7 Å². The number of nitrogens with zero attached hydrogens (tertiary/aromatic N) is 1. The maximum Gasteiger partial charge on any atom is 0.0914 e. The Morgan fingerprint density at radius 1 is 0.958 bits per heavy atom. The third-order valence-corrected chi connectivity index (χ3v) is 4.83. The van der Waals surface area contributed by atoms with Crippen LogP contribution in [0.1, 0.15) is 36.5 Å². The topological polar surface area (TPSA) is 35.5 Å². The van der Waals surface area contributed by atoms with E-state index in [9.17, 15) is 5.11 Å². The summed E-state index contributed by atoms with van der Waals surface area (Å²) in [4.78, 5) is 2.46. The zero-order valence-electron chi connectivity index (χ0n) is 13.9. The molecular formula is C20H25ClN2O. The Kier molecular flexibility index (Phi) is 6.13. The van der Waals surface area contributed by atoms with Crippen LogP contribution in [0.5, 0.6) is 0 Å². The van der Waals surface area contributed by atoms with Crippen molar-refractivity contribution in [2.45, 2.75) is 31.9 Å². The fraction of sp³-hybridized carbons (Fsp3) is 0.400. The van der Waals surface area contributed by atoms with E-state index in [4.69, 9.17) is 11.6 Å². The summed E-state index contributed by atoms with van der Waals surface area (Å²) in [5.41, 5.74) is 3.44. The van der Waals surface area contributed by atoms with Crippen LogP contribution in [0, 0.1) is 0 Å². The van der Waals surface area contributed by atoms with Gasteiger partial charge in [0, 0.05) is 36.9 Å². The van der Waals surface area contributed by atoms with Crippen molar-refractivity contribution in [3.8, 4) is 0 Å². The largest absolute Gasteiger partial charge is 0.387 e. The molecule has 2 N–H and O–H groups in total. The molecule has 0 bridgehead atoms.